The van der Waals surface area contributed by atoms with Gasteiger partial charge >= 0.3 is 0 Å². The summed E-state index contributed by atoms with van der Waals surface area (Å²) in [6.45, 7) is 4.29. The molecule has 0 radical (unpaired) electrons. The van der Waals surface area contributed by atoms with Gasteiger partial charge in [0, 0.05) is 0 Å². The lowest BCUT2D eigenvalue weighted by Gasteiger charge is -2.29. The highest BCUT2D eigenvalue weighted by Crippen LogP contribution is 2.24. The van der Waals surface area contributed by atoms with Gasteiger partial charge in [-0.25, -0.2) is 0 Å². The van der Waals surface area contributed by atoms with E-state index in [1.807, 2.05) is 11.8 Å². The Labute approximate surface area is 54.8 Å². The fourth-order valence-electron chi connectivity index (χ4n) is 0.650. The fraction of sp³-hybridized carbons (Fsp3) is 1.00. The van der Waals surface area contributed by atoms with Crippen molar-refractivity contribution in [2.45, 2.75) is 25.9 Å². The molecule has 2 heteroatoms. The van der Waals surface area contributed by atoms with E-state index in [-0.39, 0.29) is 5.60 Å². The van der Waals surface area contributed by atoms with Crippen LogP contribution in [0.1, 0.15) is 20.3 Å². The molecule has 0 bridgehead atoms. The Balaban J connectivity index is 2.33. The Morgan fingerprint density at radius 3 is 2.50 bits per heavy atom. The maximum absolute atomic E-state index is 5.43. The van der Waals surface area contributed by atoms with E-state index in [0.717, 1.165) is 5.94 Å². The van der Waals surface area contributed by atoms with Crippen molar-refractivity contribution in [2.75, 3.05) is 11.7 Å². The molecule has 1 nitrogen and oxygen atoms in total. The van der Waals surface area contributed by atoms with Gasteiger partial charge in [0.05, 0.1) is 11.5 Å². The van der Waals surface area contributed by atoms with Crippen molar-refractivity contribution < 1.29 is 4.74 Å². The maximum Gasteiger partial charge on any atom is 0.0928 e. The predicted molar refractivity (Wildman–Crippen MR) is 37.1 cm³/mol. The molecule has 1 aliphatic heterocycles. The second kappa shape index (κ2) is 2.28. The zero-order valence-corrected chi connectivity index (χ0v) is 6.25. The molecule has 1 saturated heterocycles. The summed E-state index contributed by atoms with van der Waals surface area (Å²) in [4.78, 5) is 0. The molecule has 1 fully saturated rings. The van der Waals surface area contributed by atoms with Gasteiger partial charge in [-0.1, -0.05) is 0 Å². The standard InChI is InChI=1S/C6H12OS/c1-6(2)3-4-8-5-7-6/h3-5H2,1-2H3. The molecular weight excluding hydrogens is 120 g/mol. The quantitative estimate of drug-likeness (QED) is 0.497. The highest BCUT2D eigenvalue weighted by Gasteiger charge is 2.21. The number of hydrogen-bond acceptors (Lipinski definition) is 2. The summed E-state index contributed by atoms with van der Waals surface area (Å²) in [6.07, 6.45) is 1.19. The van der Waals surface area contributed by atoms with E-state index >= 15 is 0 Å². The van der Waals surface area contributed by atoms with Crippen molar-refractivity contribution in [3.63, 3.8) is 0 Å². The molecule has 48 valence electrons. The van der Waals surface area contributed by atoms with Crippen molar-refractivity contribution in [1.82, 2.24) is 0 Å². The van der Waals surface area contributed by atoms with Crippen LogP contribution < -0.4 is 0 Å². The normalized spacial score (nSPS) is 27.8. The van der Waals surface area contributed by atoms with Gasteiger partial charge in [0.1, 0.15) is 0 Å². The molecule has 0 atom stereocenters. The maximum atomic E-state index is 5.43. The average Bonchev–Trinajstić information content (AvgIpc) is 1.65. The van der Waals surface area contributed by atoms with Crippen molar-refractivity contribution in [1.29, 1.82) is 0 Å². The summed E-state index contributed by atoms with van der Waals surface area (Å²) >= 11 is 1.87. The minimum atomic E-state index is 0.158. The summed E-state index contributed by atoms with van der Waals surface area (Å²) in [5.41, 5.74) is 0.158. The molecule has 0 amide bonds. The Hall–Kier alpha value is 0.310. The van der Waals surface area contributed by atoms with E-state index in [9.17, 15) is 0 Å². The fourth-order valence-corrected chi connectivity index (χ4v) is 1.81. The van der Waals surface area contributed by atoms with Gasteiger partial charge in [0.2, 0.25) is 0 Å². The van der Waals surface area contributed by atoms with Gasteiger partial charge in [-0.05, 0) is 26.0 Å². The minimum absolute atomic E-state index is 0.158. The summed E-state index contributed by atoms with van der Waals surface area (Å²) in [6, 6.07) is 0. The molecule has 0 saturated carbocycles. The Bertz CT molecular complexity index is 72.6. The minimum Gasteiger partial charge on any atom is -0.365 e. The van der Waals surface area contributed by atoms with Crippen LogP contribution in [0.2, 0.25) is 0 Å². The van der Waals surface area contributed by atoms with Gasteiger partial charge in [0.15, 0.2) is 0 Å². The summed E-state index contributed by atoms with van der Waals surface area (Å²) in [7, 11) is 0. The Morgan fingerprint density at radius 2 is 2.25 bits per heavy atom. The summed E-state index contributed by atoms with van der Waals surface area (Å²) < 4.78 is 5.43. The molecule has 0 N–H and O–H groups in total. The lowest BCUT2D eigenvalue weighted by Crippen LogP contribution is -2.28. The van der Waals surface area contributed by atoms with Crippen LogP contribution in [0.5, 0.6) is 0 Å². The highest BCUT2D eigenvalue weighted by molar-refractivity contribution is 7.99. The summed E-state index contributed by atoms with van der Waals surface area (Å²) in [5, 5.41) is 0. The van der Waals surface area contributed by atoms with Crippen LogP contribution in [0.25, 0.3) is 0 Å². The molecule has 0 spiro atoms. The van der Waals surface area contributed by atoms with Crippen molar-refractivity contribution in [2.24, 2.45) is 0 Å². The van der Waals surface area contributed by atoms with E-state index in [4.69, 9.17) is 4.74 Å². The van der Waals surface area contributed by atoms with E-state index in [1.54, 1.807) is 0 Å². The molecule has 0 aliphatic carbocycles. The smallest absolute Gasteiger partial charge is 0.0928 e. The topological polar surface area (TPSA) is 9.23 Å². The van der Waals surface area contributed by atoms with Crippen LogP contribution in [0, 0.1) is 0 Å². The second-order valence-electron chi connectivity index (χ2n) is 2.68. The third-order valence-corrected chi connectivity index (χ3v) is 2.16. The van der Waals surface area contributed by atoms with Crippen LogP contribution in [0.4, 0.5) is 0 Å². The van der Waals surface area contributed by atoms with Crippen LogP contribution in [-0.4, -0.2) is 17.3 Å². The first-order chi connectivity index (χ1) is 3.71. The molecule has 0 unspecified atom stereocenters. The molecule has 1 rings (SSSR count). The van der Waals surface area contributed by atoms with Crippen LogP contribution in [0.15, 0.2) is 0 Å². The largest absolute Gasteiger partial charge is 0.365 e. The van der Waals surface area contributed by atoms with Gasteiger partial charge < -0.3 is 4.74 Å². The van der Waals surface area contributed by atoms with E-state index < -0.39 is 0 Å². The molecule has 1 heterocycles. The third kappa shape index (κ3) is 1.67. The van der Waals surface area contributed by atoms with Crippen LogP contribution in [0.3, 0.4) is 0 Å². The molecule has 0 aromatic carbocycles. The average molecular weight is 132 g/mol. The molecule has 1 aliphatic rings. The lowest BCUT2D eigenvalue weighted by molar-refractivity contribution is 0.00381. The van der Waals surface area contributed by atoms with E-state index in [2.05, 4.69) is 13.8 Å². The molecular formula is C6H12OS. The zero-order chi connectivity index (χ0) is 6.04. The Kier molecular flexibility index (Phi) is 1.83. The van der Waals surface area contributed by atoms with E-state index in [1.165, 1.54) is 12.2 Å². The van der Waals surface area contributed by atoms with Gasteiger partial charge in [0.25, 0.3) is 0 Å². The van der Waals surface area contributed by atoms with Gasteiger partial charge in [-0.15, -0.1) is 11.8 Å². The van der Waals surface area contributed by atoms with Crippen molar-refractivity contribution in [3.8, 4) is 0 Å². The first-order valence-corrected chi connectivity index (χ1v) is 4.08. The summed E-state index contributed by atoms with van der Waals surface area (Å²) in [5.74, 6) is 2.14. The number of ether oxygens (including phenoxy) is 1. The van der Waals surface area contributed by atoms with Crippen molar-refractivity contribution >= 4 is 11.8 Å². The Morgan fingerprint density at radius 1 is 1.50 bits per heavy atom. The van der Waals surface area contributed by atoms with Gasteiger partial charge in [-0.3, -0.25) is 0 Å². The zero-order valence-electron chi connectivity index (χ0n) is 5.44. The molecule has 8 heavy (non-hydrogen) atoms. The van der Waals surface area contributed by atoms with Crippen LogP contribution >= 0.6 is 11.8 Å². The van der Waals surface area contributed by atoms with Crippen LogP contribution in [-0.2, 0) is 4.74 Å². The SMILES string of the molecule is CC1(C)CCSCO1. The first-order valence-electron chi connectivity index (χ1n) is 2.92. The second-order valence-corrected chi connectivity index (χ2v) is 3.73. The molecule has 0 aromatic rings. The third-order valence-electron chi connectivity index (χ3n) is 1.38. The highest BCUT2D eigenvalue weighted by atomic mass is 32.2. The number of hydrogen-bond donors (Lipinski definition) is 0. The van der Waals surface area contributed by atoms with Gasteiger partial charge in [-0.2, -0.15) is 0 Å². The molecule has 0 aromatic heterocycles. The predicted octanol–water partition coefficient (Wildman–Crippen LogP) is 1.88. The number of rotatable bonds is 0. The number of thioether (sulfide) groups is 1. The van der Waals surface area contributed by atoms with E-state index in [0.29, 0.717) is 0 Å². The van der Waals surface area contributed by atoms with Crippen molar-refractivity contribution in [3.05, 3.63) is 0 Å². The first kappa shape index (κ1) is 6.43. The lowest BCUT2D eigenvalue weighted by atomic mass is 10.1. The monoisotopic (exact) mass is 132 g/mol.